The molecule has 27 heavy (non-hydrogen) atoms. The van der Waals surface area contributed by atoms with Crippen molar-refractivity contribution in [3.8, 4) is 0 Å². The Balaban J connectivity index is 1.60. The Morgan fingerprint density at radius 1 is 1.11 bits per heavy atom. The Hall–Kier alpha value is -3.61. The van der Waals surface area contributed by atoms with Crippen molar-refractivity contribution in [1.29, 1.82) is 0 Å². The molecule has 4 N–H and O–H groups in total. The second-order valence-electron chi connectivity index (χ2n) is 6.20. The fourth-order valence-corrected chi connectivity index (χ4v) is 2.62. The fourth-order valence-electron chi connectivity index (χ4n) is 2.62. The zero-order chi connectivity index (χ0) is 19.2. The Morgan fingerprint density at radius 2 is 1.89 bits per heavy atom. The van der Waals surface area contributed by atoms with Crippen LogP contribution in [0.5, 0.6) is 0 Å². The Kier molecular flexibility index (Phi) is 5.51. The van der Waals surface area contributed by atoms with Crippen LogP contribution in [-0.2, 0) is 11.3 Å². The van der Waals surface area contributed by atoms with Gasteiger partial charge in [-0.1, -0.05) is 12.1 Å². The van der Waals surface area contributed by atoms with E-state index >= 15 is 0 Å². The molecule has 1 atom stereocenters. The van der Waals surface area contributed by atoms with Crippen molar-refractivity contribution in [1.82, 2.24) is 9.78 Å². The molecule has 0 aliphatic heterocycles. The molecule has 3 rings (SSSR count). The van der Waals surface area contributed by atoms with Crippen LogP contribution in [0.15, 0.2) is 67.0 Å². The van der Waals surface area contributed by atoms with Gasteiger partial charge in [-0.3, -0.25) is 14.3 Å². The molecule has 0 fully saturated rings. The van der Waals surface area contributed by atoms with Gasteiger partial charge >= 0.3 is 0 Å². The summed E-state index contributed by atoms with van der Waals surface area (Å²) in [6.07, 6.45) is 3.64. The van der Waals surface area contributed by atoms with E-state index in [1.54, 1.807) is 37.4 Å². The van der Waals surface area contributed by atoms with Crippen molar-refractivity contribution in [3.63, 3.8) is 0 Å². The third-order valence-electron chi connectivity index (χ3n) is 4.04. The molecule has 0 aliphatic carbocycles. The van der Waals surface area contributed by atoms with Crippen molar-refractivity contribution < 1.29 is 9.59 Å². The number of amides is 2. The smallest absolute Gasteiger partial charge is 0.248 e. The minimum absolute atomic E-state index is 0.181. The van der Waals surface area contributed by atoms with E-state index < -0.39 is 11.9 Å². The summed E-state index contributed by atoms with van der Waals surface area (Å²) in [5, 5.41) is 10.2. The molecule has 7 nitrogen and oxygen atoms in total. The summed E-state index contributed by atoms with van der Waals surface area (Å²) in [5.41, 5.74) is 8.15. The molecule has 0 bridgehead atoms. The lowest BCUT2D eigenvalue weighted by Gasteiger charge is -2.16. The van der Waals surface area contributed by atoms with E-state index in [2.05, 4.69) is 15.7 Å². The Morgan fingerprint density at radius 3 is 2.56 bits per heavy atom. The molecule has 1 unspecified atom stereocenters. The van der Waals surface area contributed by atoms with Crippen LogP contribution in [0, 0.1) is 0 Å². The zero-order valence-corrected chi connectivity index (χ0v) is 14.9. The minimum Gasteiger partial charge on any atom is -0.374 e. The van der Waals surface area contributed by atoms with Gasteiger partial charge in [0.25, 0.3) is 0 Å². The molecule has 0 aliphatic rings. The number of rotatable bonds is 7. The number of carbonyl (C=O) groups excluding carboxylic acids is 2. The van der Waals surface area contributed by atoms with E-state index in [1.165, 1.54) is 0 Å². The number of carbonyl (C=O) groups is 2. The first kappa shape index (κ1) is 18.2. The van der Waals surface area contributed by atoms with Crippen LogP contribution in [0.3, 0.4) is 0 Å². The maximum atomic E-state index is 12.4. The molecule has 2 amide bonds. The van der Waals surface area contributed by atoms with E-state index in [-0.39, 0.29) is 5.91 Å². The van der Waals surface area contributed by atoms with E-state index in [4.69, 9.17) is 5.73 Å². The number of nitrogens with one attached hydrogen (secondary N) is 2. The van der Waals surface area contributed by atoms with Crippen LogP contribution in [0.1, 0.15) is 22.8 Å². The van der Waals surface area contributed by atoms with Crippen LogP contribution in [0.4, 0.5) is 11.4 Å². The van der Waals surface area contributed by atoms with Gasteiger partial charge < -0.3 is 16.4 Å². The maximum absolute atomic E-state index is 12.4. The number of aromatic nitrogens is 2. The summed E-state index contributed by atoms with van der Waals surface area (Å²) in [6.45, 7) is 2.45. The van der Waals surface area contributed by atoms with Crippen LogP contribution in [0.2, 0.25) is 0 Å². The lowest BCUT2D eigenvalue weighted by atomic mass is 10.1. The van der Waals surface area contributed by atoms with Gasteiger partial charge in [0.1, 0.15) is 6.04 Å². The van der Waals surface area contributed by atoms with Gasteiger partial charge in [0.2, 0.25) is 11.8 Å². The molecule has 3 aromatic rings. The monoisotopic (exact) mass is 363 g/mol. The second-order valence-corrected chi connectivity index (χ2v) is 6.20. The summed E-state index contributed by atoms with van der Waals surface area (Å²) in [6, 6.07) is 15.7. The lowest BCUT2D eigenvalue weighted by Crippen LogP contribution is -2.31. The summed E-state index contributed by atoms with van der Waals surface area (Å²) in [7, 11) is 0. The van der Waals surface area contributed by atoms with Crippen LogP contribution in [0.25, 0.3) is 0 Å². The summed E-state index contributed by atoms with van der Waals surface area (Å²) in [5.74, 6) is -0.683. The average Bonchev–Trinajstić information content (AvgIpc) is 3.15. The van der Waals surface area contributed by atoms with E-state index in [1.807, 2.05) is 41.2 Å². The predicted octanol–water partition coefficient (Wildman–Crippen LogP) is 2.47. The average molecular weight is 363 g/mol. The number of benzene rings is 2. The number of nitrogens with two attached hydrogens (primary N) is 1. The number of hydrogen-bond donors (Lipinski definition) is 3. The van der Waals surface area contributed by atoms with Crippen molar-refractivity contribution in [2.45, 2.75) is 19.5 Å². The molecular weight excluding hydrogens is 342 g/mol. The zero-order valence-electron chi connectivity index (χ0n) is 14.9. The quantitative estimate of drug-likeness (QED) is 0.600. The first-order valence-corrected chi connectivity index (χ1v) is 8.55. The van der Waals surface area contributed by atoms with Crippen molar-refractivity contribution >= 4 is 23.2 Å². The van der Waals surface area contributed by atoms with Gasteiger partial charge in [0.05, 0.1) is 6.54 Å². The fraction of sp³-hybridized carbons (Fsp3) is 0.150. The van der Waals surface area contributed by atoms with Crippen LogP contribution >= 0.6 is 0 Å². The third kappa shape index (κ3) is 4.94. The highest BCUT2D eigenvalue weighted by Gasteiger charge is 2.13. The van der Waals surface area contributed by atoms with Crippen molar-refractivity contribution in [3.05, 3.63) is 78.1 Å². The molecule has 0 spiro atoms. The topological polar surface area (TPSA) is 102 Å². The van der Waals surface area contributed by atoms with Gasteiger partial charge in [-0.25, -0.2) is 0 Å². The standard InChI is InChI=1S/C20H21N5O2/c1-14(20(27)24-17-8-6-16(7-9-17)19(21)26)23-18-5-2-4-15(12-18)13-25-11-3-10-22-25/h2-12,14,23H,13H2,1H3,(H2,21,26)(H,24,27). The highest BCUT2D eigenvalue weighted by molar-refractivity contribution is 5.97. The molecule has 1 heterocycles. The van der Waals surface area contributed by atoms with Crippen LogP contribution < -0.4 is 16.4 Å². The summed E-state index contributed by atoms with van der Waals surface area (Å²) < 4.78 is 1.84. The minimum atomic E-state index is -0.502. The number of hydrogen-bond acceptors (Lipinski definition) is 4. The summed E-state index contributed by atoms with van der Waals surface area (Å²) >= 11 is 0. The maximum Gasteiger partial charge on any atom is 0.248 e. The molecule has 138 valence electrons. The van der Waals surface area contributed by atoms with Gasteiger partial charge in [-0.05, 0) is 55.0 Å². The Bertz CT molecular complexity index is 920. The molecule has 2 aromatic carbocycles. The van der Waals surface area contributed by atoms with Gasteiger partial charge in [-0.2, -0.15) is 5.10 Å². The van der Waals surface area contributed by atoms with Crippen LogP contribution in [-0.4, -0.2) is 27.6 Å². The highest BCUT2D eigenvalue weighted by Crippen LogP contribution is 2.14. The second kappa shape index (κ2) is 8.18. The van der Waals surface area contributed by atoms with Crippen molar-refractivity contribution in [2.75, 3.05) is 10.6 Å². The van der Waals surface area contributed by atoms with Gasteiger partial charge in [-0.15, -0.1) is 0 Å². The summed E-state index contributed by atoms with van der Waals surface area (Å²) in [4.78, 5) is 23.5. The van der Waals surface area contributed by atoms with E-state index in [9.17, 15) is 9.59 Å². The highest BCUT2D eigenvalue weighted by atomic mass is 16.2. The number of anilines is 2. The normalized spacial score (nSPS) is 11.6. The molecular formula is C20H21N5O2. The predicted molar refractivity (Wildman–Crippen MR) is 104 cm³/mol. The molecule has 7 heteroatoms. The van der Waals surface area contributed by atoms with E-state index in [0.29, 0.717) is 17.8 Å². The molecule has 0 radical (unpaired) electrons. The molecule has 1 aromatic heterocycles. The van der Waals surface area contributed by atoms with E-state index in [0.717, 1.165) is 11.3 Å². The molecule has 0 saturated carbocycles. The molecule has 0 saturated heterocycles. The largest absolute Gasteiger partial charge is 0.374 e. The number of primary amides is 1. The third-order valence-corrected chi connectivity index (χ3v) is 4.04. The van der Waals surface area contributed by atoms with Gasteiger partial charge in [0.15, 0.2) is 0 Å². The lowest BCUT2D eigenvalue weighted by molar-refractivity contribution is -0.116. The van der Waals surface area contributed by atoms with Gasteiger partial charge in [0, 0.05) is 29.3 Å². The SMILES string of the molecule is CC(Nc1cccc(Cn2cccn2)c1)C(=O)Nc1ccc(C(N)=O)cc1. The Labute approximate surface area is 157 Å². The first-order valence-electron chi connectivity index (χ1n) is 8.55. The first-order chi connectivity index (χ1) is 13.0. The van der Waals surface area contributed by atoms with Crippen molar-refractivity contribution in [2.24, 2.45) is 5.73 Å². The number of nitrogens with zero attached hydrogens (tertiary/aromatic N) is 2.